The van der Waals surface area contributed by atoms with Gasteiger partial charge in [-0.15, -0.1) is 12.4 Å². The molecule has 0 aliphatic rings. The predicted molar refractivity (Wildman–Crippen MR) is 63.1 cm³/mol. The van der Waals surface area contributed by atoms with E-state index >= 15 is 0 Å². The first-order valence-corrected chi connectivity index (χ1v) is 4.63. The normalized spacial score (nSPS) is 10.2. The lowest BCUT2D eigenvalue weighted by molar-refractivity contribution is 0.830. The van der Waals surface area contributed by atoms with Gasteiger partial charge in [0.15, 0.2) is 0 Å². The van der Waals surface area contributed by atoms with Crippen LogP contribution in [0, 0.1) is 0 Å². The minimum absolute atomic E-state index is 0. The summed E-state index contributed by atoms with van der Waals surface area (Å²) in [5.74, 6) is 0.504. The molecule has 0 radical (unpaired) electrons. The summed E-state index contributed by atoms with van der Waals surface area (Å²) in [6, 6.07) is 12.5. The lowest BCUT2D eigenvalue weighted by atomic mass is 10.1. The third kappa shape index (κ3) is 2.05. The highest BCUT2D eigenvalue weighted by Gasteiger charge is 2.00. The number of rotatable bonds is 1. The van der Waals surface area contributed by atoms with Crippen molar-refractivity contribution in [2.45, 2.75) is 19.8 Å². The van der Waals surface area contributed by atoms with Crippen molar-refractivity contribution in [1.29, 1.82) is 0 Å². The Kier molecular flexibility index (Phi) is 3.48. The van der Waals surface area contributed by atoms with Crippen LogP contribution in [-0.2, 0) is 0 Å². The topological polar surface area (TPSA) is 12.9 Å². The number of aromatic nitrogens is 1. The monoisotopic (exact) mass is 207 g/mol. The Labute approximate surface area is 90.6 Å². The van der Waals surface area contributed by atoms with Crippen LogP contribution in [0.2, 0.25) is 0 Å². The maximum Gasteiger partial charge on any atom is 0.0705 e. The molecule has 1 nitrogen and oxygen atoms in total. The maximum absolute atomic E-state index is 4.57. The van der Waals surface area contributed by atoms with Gasteiger partial charge in [0.2, 0.25) is 0 Å². The van der Waals surface area contributed by atoms with E-state index in [2.05, 4.69) is 43.1 Å². The van der Waals surface area contributed by atoms with Crippen molar-refractivity contribution in [3.63, 3.8) is 0 Å². The molecular weight excluding hydrogens is 194 g/mol. The lowest BCUT2D eigenvalue weighted by Crippen LogP contribution is -1.91. The molecule has 0 bridgehead atoms. The van der Waals surface area contributed by atoms with E-state index in [1.807, 2.05) is 12.1 Å². The molecular formula is C12H14ClN. The van der Waals surface area contributed by atoms with Crippen molar-refractivity contribution in [3.05, 3.63) is 42.1 Å². The molecule has 2 heteroatoms. The van der Waals surface area contributed by atoms with Gasteiger partial charge in [0.05, 0.1) is 5.52 Å². The summed E-state index contributed by atoms with van der Waals surface area (Å²) in [7, 11) is 0. The summed E-state index contributed by atoms with van der Waals surface area (Å²) in [5.41, 5.74) is 2.26. The first-order chi connectivity index (χ1) is 6.27. The fourth-order valence-corrected chi connectivity index (χ4v) is 1.40. The molecule has 0 aliphatic heterocycles. The van der Waals surface area contributed by atoms with Gasteiger partial charge in [0.1, 0.15) is 0 Å². The molecule has 2 aromatic rings. The zero-order valence-electron chi connectivity index (χ0n) is 8.40. The van der Waals surface area contributed by atoms with E-state index in [0.29, 0.717) is 5.92 Å². The second-order valence-corrected chi connectivity index (χ2v) is 3.58. The molecule has 2 rings (SSSR count). The Hall–Kier alpha value is -1.08. The van der Waals surface area contributed by atoms with Crippen LogP contribution in [0.3, 0.4) is 0 Å². The van der Waals surface area contributed by atoms with Gasteiger partial charge in [-0.1, -0.05) is 38.1 Å². The molecule has 0 amide bonds. The number of pyridine rings is 1. The summed E-state index contributed by atoms with van der Waals surface area (Å²) in [5, 5.41) is 1.21. The molecule has 0 spiro atoms. The smallest absolute Gasteiger partial charge is 0.0705 e. The summed E-state index contributed by atoms with van der Waals surface area (Å²) >= 11 is 0. The Morgan fingerprint density at radius 2 is 1.71 bits per heavy atom. The molecule has 0 saturated heterocycles. The van der Waals surface area contributed by atoms with Crippen LogP contribution in [-0.4, -0.2) is 4.98 Å². The SMILES string of the molecule is CC(C)c1ccc2ccccc2n1.Cl. The summed E-state index contributed by atoms with van der Waals surface area (Å²) in [6.45, 7) is 4.33. The second-order valence-electron chi connectivity index (χ2n) is 3.58. The fourth-order valence-electron chi connectivity index (χ4n) is 1.40. The van der Waals surface area contributed by atoms with E-state index < -0.39 is 0 Å². The second kappa shape index (κ2) is 4.43. The van der Waals surface area contributed by atoms with Gasteiger partial charge in [0.25, 0.3) is 0 Å². The van der Waals surface area contributed by atoms with E-state index in [4.69, 9.17) is 0 Å². The van der Waals surface area contributed by atoms with Gasteiger partial charge >= 0.3 is 0 Å². The molecule has 0 unspecified atom stereocenters. The van der Waals surface area contributed by atoms with Crippen molar-refractivity contribution >= 4 is 23.3 Å². The molecule has 0 aliphatic carbocycles. The van der Waals surface area contributed by atoms with Gasteiger partial charge in [-0.2, -0.15) is 0 Å². The zero-order valence-corrected chi connectivity index (χ0v) is 9.21. The van der Waals surface area contributed by atoms with Crippen molar-refractivity contribution in [3.8, 4) is 0 Å². The van der Waals surface area contributed by atoms with Crippen LogP contribution >= 0.6 is 12.4 Å². The number of nitrogens with zero attached hydrogens (tertiary/aromatic N) is 1. The minimum atomic E-state index is 0. The largest absolute Gasteiger partial charge is 0.253 e. The van der Waals surface area contributed by atoms with E-state index in [9.17, 15) is 0 Å². The number of fused-ring (bicyclic) bond motifs is 1. The van der Waals surface area contributed by atoms with Crippen LogP contribution in [0.4, 0.5) is 0 Å². The molecule has 0 saturated carbocycles. The van der Waals surface area contributed by atoms with Crippen molar-refractivity contribution in [2.24, 2.45) is 0 Å². The number of hydrogen-bond acceptors (Lipinski definition) is 1. The van der Waals surface area contributed by atoms with Gasteiger partial charge in [-0.05, 0) is 18.1 Å². The van der Waals surface area contributed by atoms with Crippen LogP contribution < -0.4 is 0 Å². The van der Waals surface area contributed by atoms with Crippen LogP contribution in [0.15, 0.2) is 36.4 Å². The Bertz CT molecular complexity index is 423. The summed E-state index contributed by atoms with van der Waals surface area (Å²) in [6.07, 6.45) is 0. The fraction of sp³-hybridized carbons (Fsp3) is 0.250. The Balaban J connectivity index is 0.000000980. The summed E-state index contributed by atoms with van der Waals surface area (Å²) < 4.78 is 0. The number of halogens is 1. The highest BCUT2D eigenvalue weighted by atomic mass is 35.5. The van der Waals surface area contributed by atoms with Crippen LogP contribution in [0.5, 0.6) is 0 Å². The van der Waals surface area contributed by atoms with E-state index in [1.165, 1.54) is 11.1 Å². The third-order valence-electron chi connectivity index (χ3n) is 2.21. The molecule has 74 valence electrons. The third-order valence-corrected chi connectivity index (χ3v) is 2.21. The first-order valence-electron chi connectivity index (χ1n) is 4.63. The Morgan fingerprint density at radius 1 is 1.00 bits per heavy atom. The minimum Gasteiger partial charge on any atom is -0.253 e. The molecule has 0 N–H and O–H groups in total. The molecule has 0 fully saturated rings. The molecule has 1 heterocycles. The maximum atomic E-state index is 4.57. The van der Waals surface area contributed by atoms with Crippen molar-refractivity contribution in [1.82, 2.24) is 4.98 Å². The quantitative estimate of drug-likeness (QED) is 0.694. The van der Waals surface area contributed by atoms with Gasteiger partial charge < -0.3 is 0 Å². The highest BCUT2D eigenvalue weighted by molar-refractivity contribution is 5.85. The van der Waals surface area contributed by atoms with E-state index in [1.54, 1.807) is 0 Å². The number of benzene rings is 1. The summed E-state index contributed by atoms with van der Waals surface area (Å²) in [4.78, 5) is 4.57. The standard InChI is InChI=1S/C12H13N.ClH/c1-9(2)11-8-7-10-5-3-4-6-12(10)13-11;/h3-9H,1-2H3;1H. The number of hydrogen-bond donors (Lipinski definition) is 0. The predicted octanol–water partition coefficient (Wildman–Crippen LogP) is 3.78. The van der Waals surface area contributed by atoms with Crippen molar-refractivity contribution < 1.29 is 0 Å². The first kappa shape index (κ1) is 11.0. The average Bonchev–Trinajstić information content (AvgIpc) is 2.17. The molecule has 14 heavy (non-hydrogen) atoms. The van der Waals surface area contributed by atoms with Crippen molar-refractivity contribution in [2.75, 3.05) is 0 Å². The molecule has 1 aromatic carbocycles. The zero-order chi connectivity index (χ0) is 9.26. The highest BCUT2D eigenvalue weighted by Crippen LogP contribution is 2.16. The molecule has 0 atom stereocenters. The van der Waals surface area contributed by atoms with Crippen LogP contribution in [0.1, 0.15) is 25.5 Å². The lowest BCUT2D eigenvalue weighted by Gasteiger charge is -2.04. The van der Waals surface area contributed by atoms with Gasteiger partial charge in [-0.25, -0.2) is 0 Å². The van der Waals surface area contributed by atoms with Crippen LogP contribution in [0.25, 0.3) is 10.9 Å². The van der Waals surface area contributed by atoms with E-state index in [-0.39, 0.29) is 12.4 Å². The molecule has 1 aromatic heterocycles. The van der Waals surface area contributed by atoms with Gasteiger partial charge in [-0.3, -0.25) is 4.98 Å². The van der Waals surface area contributed by atoms with E-state index in [0.717, 1.165) is 5.52 Å². The number of para-hydroxylation sites is 1. The Morgan fingerprint density at radius 3 is 2.43 bits per heavy atom. The average molecular weight is 208 g/mol. The van der Waals surface area contributed by atoms with Gasteiger partial charge in [0, 0.05) is 11.1 Å².